The van der Waals surface area contributed by atoms with Gasteiger partial charge in [0, 0.05) is 44.6 Å². The van der Waals surface area contributed by atoms with Crippen LogP contribution in [0.3, 0.4) is 0 Å². The molecule has 0 aromatic heterocycles. The van der Waals surface area contributed by atoms with Crippen LogP contribution in [-0.2, 0) is 27.0 Å². The highest BCUT2D eigenvalue weighted by atomic mass is 32.2. The number of aryl methyl sites for hydroxylation is 1. The molecule has 30 heavy (non-hydrogen) atoms. The molecule has 0 radical (unpaired) electrons. The van der Waals surface area contributed by atoms with Crippen molar-refractivity contribution in [3.63, 3.8) is 0 Å². The lowest BCUT2D eigenvalue weighted by Crippen LogP contribution is -2.50. The SMILES string of the molecule is CCc1ccc(C(=O)CCC(=O)N2CCN(S(=O)(=O)Cc3ccccc3)CC2)cc1. The van der Waals surface area contributed by atoms with E-state index in [1.54, 1.807) is 17.0 Å². The Bertz CT molecular complexity index is 964. The summed E-state index contributed by atoms with van der Waals surface area (Å²) in [4.78, 5) is 26.5. The van der Waals surface area contributed by atoms with Crippen molar-refractivity contribution in [3.8, 4) is 0 Å². The van der Waals surface area contributed by atoms with E-state index >= 15 is 0 Å². The zero-order valence-electron chi connectivity index (χ0n) is 17.3. The van der Waals surface area contributed by atoms with Gasteiger partial charge in [0.25, 0.3) is 0 Å². The quantitative estimate of drug-likeness (QED) is 0.606. The monoisotopic (exact) mass is 428 g/mol. The smallest absolute Gasteiger partial charge is 0.223 e. The third kappa shape index (κ3) is 5.77. The van der Waals surface area contributed by atoms with Crippen LogP contribution in [-0.4, -0.2) is 55.5 Å². The molecule has 1 amide bonds. The molecule has 1 saturated heterocycles. The number of carbonyl (C=O) groups excluding carboxylic acids is 2. The van der Waals surface area contributed by atoms with Gasteiger partial charge in [-0.25, -0.2) is 8.42 Å². The second-order valence-electron chi connectivity index (χ2n) is 7.50. The number of hydrogen-bond acceptors (Lipinski definition) is 4. The molecule has 0 bridgehead atoms. The van der Waals surface area contributed by atoms with Gasteiger partial charge in [-0.15, -0.1) is 0 Å². The number of hydrogen-bond donors (Lipinski definition) is 0. The van der Waals surface area contributed by atoms with E-state index < -0.39 is 10.0 Å². The number of Topliss-reactive ketones (excluding diaryl/α,β-unsaturated/α-hetero) is 1. The van der Waals surface area contributed by atoms with Gasteiger partial charge in [-0.05, 0) is 17.5 Å². The molecule has 1 aliphatic rings. The highest BCUT2D eigenvalue weighted by molar-refractivity contribution is 7.88. The van der Waals surface area contributed by atoms with E-state index in [0.717, 1.165) is 12.0 Å². The molecule has 0 saturated carbocycles. The van der Waals surface area contributed by atoms with Gasteiger partial charge in [0.05, 0.1) is 5.75 Å². The first-order chi connectivity index (χ1) is 14.4. The maximum atomic E-state index is 12.6. The Morgan fingerprint density at radius 3 is 2.07 bits per heavy atom. The van der Waals surface area contributed by atoms with E-state index in [1.807, 2.05) is 42.5 Å². The van der Waals surface area contributed by atoms with Crippen LogP contribution in [0.25, 0.3) is 0 Å². The normalized spacial score (nSPS) is 15.2. The summed E-state index contributed by atoms with van der Waals surface area (Å²) in [7, 11) is -3.41. The van der Waals surface area contributed by atoms with Crippen molar-refractivity contribution >= 4 is 21.7 Å². The first-order valence-electron chi connectivity index (χ1n) is 10.3. The average Bonchev–Trinajstić information content (AvgIpc) is 2.77. The van der Waals surface area contributed by atoms with Crippen molar-refractivity contribution in [1.82, 2.24) is 9.21 Å². The number of nitrogens with zero attached hydrogens (tertiary/aromatic N) is 2. The molecule has 7 heteroatoms. The van der Waals surface area contributed by atoms with E-state index in [0.29, 0.717) is 18.7 Å². The summed E-state index contributed by atoms with van der Waals surface area (Å²) < 4.78 is 26.7. The molecular weight excluding hydrogens is 400 g/mol. The number of rotatable bonds is 8. The van der Waals surface area contributed by atoms with E-state index in [-0.39, 0.29) is 43.4 Å². The van der Waals surface area contributed by atoms with E-state index in [2.05, 4.69) is 6.92 Å². The minimum absolute atomic E-state index is 0.0346. The number of benzene rings is 2. The highest BCUT2D eigenvalue weighted by Gasteiger charge is 2.29. The summed E-state index contributed by atoms with van der Waals surface area (Å²) in [5.41, 5.74) is 2.54. The van der Waals surface area contributed by atoms with Crippen molar-refractivity contribution in [2.75, 3.05) is 26.2 Å². The molecule has 0 atom stereocenters. The summed E-state index contributed by atoms with van der Waals surface area (Å²) in [5, 5.41) is 0. The van der Waals surface area contributed by atoms with Gasteiger partial charge < -0.3 is 4.90 Å². The average molecular weight is 429 g/mol. The largest absolute Gasteiger partial charge is 0.340 e. The Kier molecular flexibility index (Phi) is 7.39. The van der Waals surface area contributed by atoms with Crippen LogP contribution in [0.4, 0.5) is 0 Å². The number of piperazine rings is 1. The minimum atomic E-state index is -3.41. The van der Waals surface area contributed by atoms with Gasteiger partial charge in [-0.2, -0.15) is 4.31 Å². The summed E-state index contributed by atoms with van der Waals surface area (Å²) in [5.74, 6) is -0.184. The van der Waals surface area contributed by atoms with Crippen molar-refractivity contribution in [3.05, 3.63) is 71.3 Å². The molecule has 2 aromatic rings. The first-order valence-corrected chi connectivity index (χ1v) is 11.9. The number of amides is 1. The Balaban J connectivity index is 1.47. The summed E-state index contributed by atoms with van der Waals surface area (Å²) in [6.07, 6.45) is 1.22. The lowest BCUT2D eigenvalue weighted by Gasteiger charge is -2.34. The molecule has 3 rings (SSSR count). The molecule has 1 fully saturated rings. The fourth-order valence-electron chi connectivity index (χ4n) is 3.54. The summed E-state index contributed by atoms with van der Waals surface area (Å²) in [6.45, 7) is 3.33. The Labute approximate surface area is 178 Å². The highest BCUT2D eigenvalue weighted by Crippen LogP contribution is 2.15. The first kappa shape index (κ1) is 22.2. The second-order valence-corrected chi connectivity index (χ2v) is 9.46. The van der Waals surface area contributed by atoms with Crippen LogP contribution < -0.4 is 0 Å². The molecule has 1 aliphatic heterocycles. The van der Waals surface area contributed by atoms with Crippen LogP contribution in [0.5, 0.6) is 0 Å². The van der Waals surface area contributed by atoms with E-state index in [1.165, 1.54) is 9.87 Å². The van der Waals surface area contributed by atoms with Crippen LogP contribution in [0.15, 0.2) is 54.6 Å². The Morgan fingerprint density at radius 2 is 1.47 bits per heavy atom. The van der Waals surface area contributed by atoms with Gasteiger partial charge in [0.15, 0.2) is 5.78 Å². The molecule has 0 aliphatic carbocycles. The molecule has 6 nitrogen and oxygen atoms in total. The predicted molar refractivity (Wildman–Crippen MR) is 117 cm³/mol. The Hall–Kier alpha value is -2.51. The second kappa shape index (κ2) is 10.00. The predicted octanol–water partition coefficient (Wildman–Crippen LogP) is 2.89. The zero-order valence-corrected chi connectivity index (χ0v) is 18.1. The number of sulfonamides is 1. The third-order valence-electron chi connectivity index (χ3n) is 5.43. The van der Waals surface area contributed by atoms with Gasteiger partial charge in [0.1, 0.15) is 0 Å². The molecule has 1 heterocycles. The van der Waals surface area contributed by atoms with E-state index in [9.17, 15) is 18.0 Å². The lowest BCUT2D eigenvalue weighted by atomic mass is 10.0. The fourth-order valence-corrected chi connectivity index (χ4v) is 5.06. The molecule has 160 valence electrons. The van der Waals surface area contributed by atoms with Crippen molar-refractivity contribution < 1.29 is 18.0 Å². The fraction of sp³-hybridized carbons (Fsp3) is 0.391. The van der Waals surface area contributed by atoms with Crippen LogP contribution in [0.2, 0.25) is 0 Å². The molecular formula is C23H28N2O4S. The third-order valence-corrected chi connectivity index (χ3v) is 7.28. The van der Waals surface area contributed by atoms with Crippen molar-refractivity contribution in [1.29, 1.82) is 0 Å². The maximum Gasteiger partial charge on any atom is 0.223 e. The van der Waals surface area contributed by atoms with Crippen LogP contribution >= 0.6 is 0 Å². The van der Waals surface area contributed by atoms with Crippen molar-refractivity contribution in [2.45, 2.75) is 31.9 Å². The van der Waals surface area contributed by atoms with Crippen LogP contribution in [0.1, 0.15) is 41.3 Å². The molecule has 2 aromatic carbocycles. The molecule has 0 unspecified atom stereocenters. The number of ketones is 1. The minimum Gasteiger partial charge on any atom is -0.340 e. The Morgan fingerprint density at radius 1 is 0.833 bits per heavy atom. The van der Waals surface area contributed by atoms with Crippen LogP contribution in [0, 0.1) is 0 Å². The van der Waals surface area contributed by atoms with Gasteiger partial charge in [-0.3, -0.25) is 9.59 Å². The van der Waals surface area contributed by atoms with E-state index in [4.69, 9.17) is 0 Å². The van der Waals surface area contributed by atoms with Crippen molar-refractivity contribution in [2.24, 2.45) is 0 Å². The number of carbonyl (C=O) groups is 2. The molecule has 0 spiro atoms. The zero-order chi connectivity index (χ0) is 21.6. The standard InChI is InChI=1S/C23H28N2O4S/c1-2-19-8-10-21(11-9-19)22(26)12-13-23(27)24-14-16-25(17-15-24)30(28,29)18-20-6-4-3-5-7-20/h3-11H,2,12-18H2,1H3. The topological polar surface area (TPSA) is 74.8 Å². The van der Waals surface area contributed by atoms with Gasteiger partial charge >= 0.3 is 0 Å². The lowest BCUT2D eigenvalue weighted by molar-refractivity contribution is -0.132. The molecule has 0 N–H and O–H groups in total. The maximum absolute atomic E-state index is 12.6. The summed E-state index contributed by atoms with van der Waals surface area (Å²) >= 11 is 0. The van der Waals surface area contributed by atoms with Gasteiger partial charge in [0.2, 0.25) is 15.9 Å². The summed E-state index contributed by atoms with van der Waals surface area (Å²) in [6, 6.07) is 16.6. The van der Waals surface area contributed by atoms with Gasteiger partial charge in [-0.1, -0.05) is 61.5 Å².